The third-order valence-electron chi connectivity index (χ3n) is 2.55. The molecule has 0 aromatic heterocycles. The molecule has 1 rings (SSSR count). The fourth-order valence-corrected chi connectivity index (χ4v) is 1.56. The lowest BCUT2D eigenvalue weighted by molar-refractivity contribution is -0.146. The van der Waals surface area contributed by atoms with Crippen LogP contribution in [0.5, 0.6) is 5.75 Å². The van der Waals surface area contributed by atoms with Gasteiger partial charge in [-0.05, 0) is 12.1 Å². The molecular formula is C14H15NO6. The van der Waals surface area contributed by atoms with Crippen molar-refractivity contribution in [2.45, 2.75) is 12.5 Å². The first-order valence-corrected chi connectivity index (χ1v) is 6.00. The van der Waals surface area contributed by atoms with Gasteiger partial charge in [0.1, 0.15) is 11.8 Å². The summed E-state index contributed by atoms with van der Waals surface area (Å²) in [6.45, 7) is 0. The van der Waals surface area contributed by atoms with Gasteiger partial charge in [0, 0.05) is 11.6 Å². The van der Waals surface area contributed by atoms with E-state index >= 15 is 0 Å². The average Bonchev–Trinajstić information content (AvgIpc) is 2.44. The second-order valence-electron chi connectivity index (χ2n) is 4.07. The van der Waals surface area contributed by atoms with Gasteiger partial charge in [0.2, 0.25) is 5.91 Å². The second-order valence-corrected chi connectivity index (χ2v) is 4.07. The fraction of sp³-hybridized carbons (Fsp3) is 0.214. The molecule has 1 amide bonds. The van der Waals surface area contributed by atoms with Crippen molar-refractivity contribution < 1.29 is 29.3 Å². The molecule has 112 valence electrons. The van der Waals surface area contributed by atoms with Gasteiger partial charge in [-0.3, -0.25) is 9.59 Å². The number of hydrogen-bond acceptors (Lipinski definition) is 4. The molecule has 0 aliphatic rings. The molecule has 0 fully saturated rings. The van der Waals surface area contributed by atoms with E-state index in [1.165, 1.54) is 13.2 Å². The topological polar surface area (TPSA) is 113 Å². The molecule has 0 heterocycles. The van der Waals surface area contributed by atoms with Gasteiger partial charge < -0.3 is 20.3 Å². The van der Waals surface area contributed by atoms with Crippen LogP contribution in [0.2, 0.25) is 0 Å². The van der Waals surface area contributed by atoms with E-state index in [-0.39, 0.29) is 0 Å². The molecule has 0 saturated heterocycles. The van der Waals surface area contributed by atoms with Gasteiger partial charge in [-0.15, -0.1) is 0 Å². The maximum atomic E-state index is 11.6. The predicted octanol–water partition coefficient (Wildman–Crippen LogP) is 0.752. The molecule has 0 unspecified atom stereocenters. The molecule has 0 aliphatic heterocycles. The zero-order valence-electron chi connectivity index (χ0n) is 11.3. The van der Waals surface area contributed by atoms with Gasteiger partial charge in [0.25, 0.3) is 0 Å². The number of carboxylic acid groups (broad SMARTS) is 2. The van der Waals surface area contributed by atoms with Crippen molar-refractivity contribution in [2.75, 3.05) is 7.11 Å². The van der Waals surface area contributed by atoms with Gasteiger partial charge in [0.15, 0.2) is 0 Å². The van der Waals surface area contributed by atoms with Crippen molar-refractivity contribution in [2.24, 2.45) is 0 Å². The number of rotatable bonds is 7. The molecule has 0 radical (unpaired) electrons. The molecule has 1 aromatic rings. The standard InChI is InChI=1S/C14H15NO6/c1-21-11-5-3-2-4-9(11)6-7-12(16)15-10(14(19)20)8-13(17)18/h2-7,10H,8H2,1H3,(H,15,16)(H,17,18)(H,19,20)/b7-6+/t10-/m1/s1. The van der Waals surface area contributed by atoms with Crippen LogP contribution in [-0.4, -0.2) is 41.2 Å². The molecular weight excluding hydrogens is 278 g/mol. The first-order valence-electron chi connectivity index (χ1n) is 6.00. The van der Waals surface area contributed by atoms with E-state index in [1.807, 2.05) is 0 Å². The molecule has 7 nitrogen and oxygen atoms in total. The number of methoxy groups -OCH3 is 1. The first kappa shape index (κ1) is 16.2. The summed E-state index contributed by atoms with van der Waals surface area (Å²) in [4.78, 5) is 32.9. The molecule has 1 aromatic carbocycles. The number of carboxylic acids is 2. The van der Waals surface area contributed by atoms with Crippen molar-refractivity contribution in [3.05, 3.63) is 35.9 Å². The maximum Gasteiger partial charge on any atom is 0.326 e. The lowest BCUT2D eigenvalue weighted by Gasteiger charge is -2.10. The minimum Gasteiger partial charge on any atom is -0.496 e. The van der Waals surface area contributed by atoms with Crippen LogP contribution in [0.25, 0.3) is 6.08 Å². The number of carbonyl (C=O) groups excluding carboxylic acids is 1. The zero-order valence-corrected chi connectivity index (χ0v) is 11.3. The van der Waals surface area contributed by atoms with Crippen LogP contribution in [0.3, 0.4) is 0 Å². The van der Waals surface area contributed by atoms with Gasteiger partial charge in [0.05, 0.1) is 13.5 Å². The second kappa shape index (κ2) is 7.68. The summed E-state index contributed by atoms with van der Waals surface area (Å²) in [6, 6.07) is 5.47. The number of para-hydroxylation sites is 1. The highest BCUT2D eigenvalue weighted by Gasteiger charge is 2.21. The SMILES string of the molecule is COc1ccccc1/C=C/C(=O)N[C@H](CC(=O)O)C(=O)O. The Kier molecular flexibility index (Phi) is 5.94. The van der Waals surface area contributed by atoms with Crippen molar-refractivity contribution in [3.63, 3.8) is 0 Å². The van der Waals surface area contributed by atoms with Gasteiger partial charge in [-0.1, -0.05) is 18.2 Å². The number of amides is 1. The first-order chi connectivity index (χ1) is 9.93. The Morgan fingerprint density at radius 1 is 1.29 bits per heavy atom. The van der Waals surface area contributed by atoms with E-state index in [2.05, 4.69) is 5.32 Å². The zero-order chi connectivity index (χ0) is 15.8. The van der Waals surface area contributed by atoms with E-state index in [1.54, 1.807) is 24.3 Å². The summed E-state index contributed by atoms with van der Waals surface area (Å²) in [5, 5.41) is 19.5. The third kappa shape index (κ3) is 5.35. The quantitative estimate of drug-likeness (QED) is 0.639. The normalized spacial score (nSPS) is 11.9. The molecule has 7 heteroatoms. The largest absolute Gasteiger partial charge is 0.496 e. The van der Waals surface area contributed by atoms with Crippen LogP contribution >= 0.6 is 0 Å². The van der Waals surface area contributed by atoms with Crippen LogP contribution in [0.4, 0.5) is 0 Å². The van der Waals surface area contributed by atoms with Crippen LogP contribution in [0.1, 0.15) is 12.0 Å². The monoisotopic (exact) mass is 293 g/mol. The van der Waals surface area contributed by atoms with Crippen molar-refractivity contribution in [1.29, 1.82) is 0 Å². The summed E-state index contributed by atoms with van der Waals surface area (Å²) >= 11 is 0. The Labute approximate surface area is 120 Å². The Morgan fingerprint density at radius 2 is 1.95 bits per heavy atom. The van der Waals surface area contributed by atoms with E-state index in [4.69, 9.17) is 14.9 Å². The highest BCUT2D eigenvalue weighted by Crippen LogP contribution is 2.18. The number of benzene rings is 1. The molecule has 0 spiro atoms. The predicted molar refractivity (Wildman–Crippen MR) is 73.8 cm³/mol. The maximum absolute atomic E-state index is 11.6. The highest BCUT2D eigenvalue weighted by atomic mass is 16.5. The number of aliphatic carboxylic acids is 2. The fourth-order valence-electron chi connectivity index (χ4n) is 1.56. The molecule has 0 aliphatic carbocycles. The average molecular weight is 293 g/mol. The number of hydrogen-bond donors (Lipinski definition) is 3. The number of carbonyl (C=O) groups is 3. The van der Waals surface area contributed by atoms with Crippen molar-refractivity contribution in [1.82, 2.24) is 5.32 Å². The molecule has 21 heavy (non-hydrogen) atoms. The molecule has 0 saturated carbocycles. The van der Waals surface area contributed by atoms with Gasteiger partial charge >= 0.3 is 11.9 Å². The van der Waals surface area contributed by atoms with E-state index < -0.39 is 30.3 Å². The summed E-state index contributed by atoms with van der Waals surface area (Å²) in [5.41, 5.74) is 0.639. The van der Waals surface area contributed by atoms with Crippen LogP contribution in [0, 0.1) is 0 Å². The number of nitrogens with one attached hydrogen (secondary N) is 1. The van der Waals surface area contributed by atoms with Crippen molar-refractivity contribution >= 4 is 23.9 Å². The lowest BCUT2D eigenvalue weighted by atomic mass is 10.1. The third-order valence-corrected chi connectivity index (χ3v) is 2.55. The molecule has 1 atom stereocenters. The molecule has 0 bridgehead atoms. The lowest BCUT2D eigenvalue weighted by Crippen LogP contribution is -2.41. The minimum atomic E-state index is -1.47. The van der Waals surface area contributed by atoms with Gasteiger partial charge in [-0.25, -0.2) is 4.79 Å². The smallest absolute Gasteiger partial charge is 0.326 e. The van der Waals surface area contributed by atoms with Gasteiger partial charge in [-0.2, -0.15) is 0 Å². The highest BCUT2D eigenvalue weighted by molar-refractivity contribution is 5.95. The Hall–Kier alpha value is -2.83. The minimum absolute atomic E-state index is 0.557. The van der Waals surface area contributed by atoms with E-state index in [9.17, 15) is 14.4 Å². The summed E-state index contributed by atoms with van der Waals surface area (Å²) in [5.74, 6) is -2.86. The summed E-state index contributed by atoms with van der Waals surface area (Å²) < 4.78 is 5.09. The Balaban J connectivity index is 2.73. The van der Waals surface area contributed by atoms with Crippen LogP contribution in [-0.2, 0) is 14.4 Å². The van der Waals surface area contributed by atoms with Crippen molar-refractivity contribution in [3.8, 4) is 5.75 Å². The van der Waals surface area contributed by atoms with E-state index in [0.717, 1.165) is 6.08 Å². The molecule has 3 N–H and O–H groups in total. The Bertz CT molecular complexity index is 566. The number of ether oxygens (including phenoxy) is 1. The Morgan fingerprint density at radius 3 is 2.52 bits per heavy atom. The van der Waals surface area contributed by atoms with Crippen LogP contribution in [0.15, 0.2) is 30.3 Å². The summed E-state index contributed by atoms with van der Waals surface area (Å²) in [7, 11) is 1.49. The van der Waals surface area contributed by atoms with E-state index in [0.29, 0.717) is 11.3 Å². The van der Waals surface area contributed by atoms with Crippen LogP contribution < -0.4 is 10.1 Å². The summed E-state index contributed by atoms with van der Waals surface area (Å²) in [6.07, 6.45) is 1.88.